The predicted molar refractivity (Wildman–Crippen MR) is 26.6 cm³/mol. The second-order valence-electron chi connectivity index (χ2n) is 1.10. The first-order valence-electron chi connectivity index (χ1n) is 1.87. The molecule has 32 valence electrons. The van der Waals surface area contributed by atoms with Crippen molar-refractivity contribution < 1.29 is 41.3 Å². The largest absolute Gasteiger partial charge is 3.00 e. The van der Waals surface area contributed by atoms with Gasteiger partial charge in [0.25, 0.3) is 0 Å². The summed E-state index contributed by atoms with van der Waals surface area (Å²) < 4.78 is 0. The molecule has 0 aromatic rings. The SMILES string of the molecule is [C-]#C/C(C)=C/C.[Pr+3]. The minimum absolute atomic E-state index is 0. The Morgan fingerprint density at radius 1 is 1.71 bits per heavy atom. The minimum atomic E-state index is 0. The molecule has 0 unspecified atom stereocenters. The number of allylic oxidation sites excluding steroid dienone is 2. The van der Waals surface area contributed by atoms with E-state index in [9.17, 15) is 0 Å². The molecule has 0 nitrogen and oxygen atoms in total. The zero-order chi connectivity index (χ0) is 4.99. The van der Waals surface area contributed by atoms with Gasteiger partial charge in [0.1, 0.15) is 0 Å². The molecule has 1 heteroatoms. The molecule has 0 saturated carbocycles. The summed E-state index contributed by atoms with van der Waals surface area (Å²) in [6, 6.07) is 0. The number of hydrogen-bond acceptors (Lipinski definition) is 0. The fraction of sp³-hybridized carbons (Fsp3) is 0.333. The Kier molecular flexibility index (Phi) is 10.1. The topological polar surface area (TPSA) is 0 Å². The molecular formula is C6H7Pr+2. The fourth-order valence-electron chi connectivity index (χ4n) is 0.0722. The molecule has 0 aromatic heterocycles. The van der Waals surface area contributed by atoms with Crippen LogP contribution in [-0.4, -0.2) is 0 Å². The molecule has 0 aliphatic rings. The first-order valence-corrected chi connectivity index (χ1v) is 1.87. The second-order valence-corrected chi connectivity index (χ2v) is 1.10. The molecule has 0 atom stereocenters. The Balaban J connectivity index is 0. The number of hydrogen-bond donors (Lipinski definition) is 0. The van der Waals surface area contributed by atoms with Gasteiger partial charge in [0, 0.05) is 0 Å². The van der Waals surface area contributed by atoms with Crippen LogP contribution in [-0.2, 0) is 0 Å². The van der Waals surface area contributed by atoms with Gasteiger partial charge in [0.15, 0.2) is 0 Å². The van der Waals surface area contributed by atoms with Crippen molar-refractivity contribution in [1.82, 2.24) is 0 Å². The van der Waals surface area contributed by atoms with Crippen molar-refractivity contribution in [2.45, 2.75) is 13.8 Å². The van der Waals surface area contributed by atoms with E-state index in [-0.39, 0.29) is 41.3 Å². The average molecular weight is 220 g/mol. The maximum absolute atomic E-state index is 6.49. The molecule has 0 aliphatic carbocycles. The Hall–Kier alpha value is 0.664. The van der Waals surface area contributed by atoms with Crippen molar-refractivity contribution in [2.75, 3.05) is 0 Å². The van der Waals surface area contributed by atoms with E-state index in [1.54, 1.807) is 0 Å². The summed E-state index contributed by atoms with van der Waals surface area (Å²) >= 11 is 0. The summed E-state index contributed by atoms with van der Waals surface area (Å²) in [7, 11) is 0. The van der Waals surface area contributed by atoms with Crippen LogP contribution in [0.15, 0.2) is 11.6 Å². The van der Waals surface area contributed by atoms with Crippen LogP contribution in [0.4, 0.5) is 0 Å². The summed E-state index contributed by atoms with van der Waals surface area (Å²) in [5.74, 6) is 2.23. The van der Waals surface area contributed by atoms with Crippen LogP contribution in [0.2, 0.25) is 0 Å². The molecule has 0 spiro atoms. The Morgan fingerprint density at radius 2 is 2.14 bits per heavy atom. The molecule has 0 saturated heterocycles. The zero-order valence-electron chi connectivity index (χ0n) is 4.65. The zero-order valence-corrected chi connectivity index (χ0v) is 8.36. The van der Waals surface area contributed by atoms with Crippen molar-refractivity contribution in [1.29, 1.82) is 0 Å². The van der Waals surface area contributed by atoms with Crippen LogP contribution in [0, 0.1) is 53.6 Å². The molecule has 0 amide bonds. The Labute approximate surface area is 78.3 Å². The van der Waals surface area contributed by atoms with Gasteiger partial charge in [-0.15, -0.1) is 6.92 Å². The Morgan fingerprint density at radius 3 is 2.14 bits per heavy atom. The standard InChI is InChI=1S/C6H7.Pr/c1-4-6(3)5-2;/h4H,1,3H3;/q-1;+3/b6-4+;. The average Bonchev–Trinajstić information content (AvgIpc) is 1.65. The molecular weight excluding hydrogens is 213 g/mol. The van der Waals surface area contributed by atoms with Crippen LogP contribution in [0.3, 0.4) is 0 Å². The van der Waals surface area contributed by atoms with Crippen LogP contribution >= 0.6 is 0 Å². The van der Waals surface area contributed by atoms with Gasteiger partial charge in [-0.05, 0) is 0 Å². The second kappa shape index (κ2) is 6.66. The van der Waals surface area contributed by atoms with E-state index in [1.165, 1.54) is 0 Å². The predicted octanol–water partition coefficient (Wildman–Crippen LogP) is 1.54. The van der Waals surface area contributed by atoms with Crippen LogP contribution in [0.25, 0.3) is 0 Å². The van der Waals surface area contributed by atoms with Gasteiger partial charge in [-0.2, -0.15) is 11.6 Å². The van der Waals surface area contributed by atoms with Gasteiger partial charge in [-0.25, -0.2) is 0 Å². The summed E-state index contributed by atoms with van der Waals surface area (Å²) in [6.45, 7) is 3.73. The van der Waals surface area contributed by atoms with E-state index < -0.39 is 0 Å². The molecule has 0 aliphatic heterocycles. The molecule has 7 heavy (non-hydrogen) atoms. The molecule has 0 heterocycles. The third-order valence-electron chi connectivity index (χ3n) is 0.630. The maximum atomic E-state index is 6.49. The molecule has 0 rings (SSSR count). The monoisotopic (exact) mass is 220 g/mol. The third-order valence-corrected chi connectivity index (χ3v) is 0.630. The minimum Gasteiger partial charge on any atom is -0.366 e. The first kappa shape index (κ1) is 10.6. The van der Waals surface area contributed by atoms with Crippen molar-refractivity contribution in [3.05, 3.63) is 18.1 Å². The van der Waals surface area contributed by atoms with Gasteiger partial charge in [-0.1, -0.05) is 6.92 Å². The van der Waals surface area contributed by atoms with E-state index in [4.69, 9.17) is 6.42 Å². The third kappa shape index (κ3) is 6.66. The normalized spacial score (nSPS) is 9.00. The maximum Gasteiger partial charge on any atom is 3.00 e. The van der Waals surface area contributed by atoms with E-state index >= 15 is 0 Å². The fourth-order valence-corrected chi connectivity index (χ4v) is 0.0722. The summed E-state index contributed by atoms with van der Waals surface area (Å²) in [5.41, 5.74) is 0.884. The van der Waals surface area contributed by atoms with Gasteiger partial charge in [0.05, 0.1) is 0 Å². The summed E-state index contributed by atoms with van der Waals surface area (Å²) in [4.78, 5) is 0. The Bertz CT molecular complexity index is 95.2. The molecule has 0 fully saturated rings. The summed E-state index contributed by atoms with van der Waals surface area (Å²) in [6.07, 6.45) is 8.33. The van der Waals surface area contributed by atoms with Crippen LogP contribution in [0.1, 0.15) is 13.8 Å². The first-order chi connectivity index (χ1) is 2.81. The van der Waals surface area contributed by atoms with Crippen molar-refractivity contribution in [2.24, 2.45) is 0 Å². The van der Waals surface area contributed by atoms with Gasteiger partial charge >= 0.3 is 41.3 Å². The van der Waals surface area contributed by atoms with E-state index in [2.05, 4.69) is 5.92 Å². The van der Waals surface area contributed by atoms with Gasteiger partial charge < -0.3 is 6.42 Å². The smallest absolute Gasteiger partial charge is 0.366 e. The van der Waals surface area contributed by atoms with E-state index in [0.29, 0.717) is 0 Å². The molecule has 0 radical (unpaired) electrons. The van der Waals surface area contributed by atoms with Crippen LogP contribution < -0.4 is 0 Å². The van der Waals surface area contributed by atoms with E-state index in [1.807, 2.05) is 19.9 Å². The quantitative estimate of drug-likeness (QED) is 0.429. The van der Waals surface area contributed by atoms with E-state index in [0.717, 1.165) is 5.57 Å². The molecule has 0 aromatic carbocycles. The van der Waals surface area contributed by atoms with Crippen LogP contribution in [0.5, 0.6) is 0 Å². The number of rotatable bonds is 0. The van der Waals surface area contributed by atoms with Crippen molar-refractivity contribution in [3.63, 3.8) is 0 Å². The van der Waals surface area contributed by atoms with Gasteiger partial charge in [0.2, 0.25) is 0 Å². The molecule has 0 bridgehead atoms. The van der Waals surface area contributed by atoms with Crippen molar-refractivity contribution in [3.8, 4) is 5.92 Å². The summed E-state index contributed by atoms with van der Waals surface area (Å²) in [5, 5.41) is 0. The molecule has 0 N–H and O–H groups in total. The van der Waals surface area contributed by atoms with Crippen molar-refractivity contribution >= 4 is 0 Å². The van der Waals surface area contributed by atoms with Gasteiger partial charge in [-0.3, -0.25) is 5.92 Å².